The van der Waals surface area contributed by atoms with E-state index in [4.69, 9.17) is 10.6 Å². The van der Waals surface area contributed by atoms with Gasteiger partial charge in [0.05, 0.1) is 5.56 Å². The topological polar surface area (TPSA) is 47.3 Å². The van der Waals surface area contributed by atoms with E-state index in [1.807, 2.05) is 0 Å². The molecule has 1 heterocycles. The highest BCUT2D eigenvalue weighted by atomic mass is 19.4. The van der Waals surface area contributed by atoms with Crippen molar-refractivity contribution in [3.05, 3.63) is 35.1 Å². The van der Waals surface area contributed by atoms with Crippen LogP contribution in [0.5, 0.6) is 0 Å². The van der Waals surface area contributed by atoms with Crippen LogP contribution in [0.25, 0.3) is 0 Å². The molecule has 0 amide bonds. The fourth-order valence-electron chi connectivity index (χ4n) is 2.38. The van der Waals surface area contributed by atoms with Crippen LogP contribution >= 0.6 is 0 Å². The summed E-state index contributed by atoms with van der Waals surface area (Å²) in [7, 11) is 0. The molecular weight excluding hydrogens is 276 g/mol. The van der Waals surface area contributed by atoms with Gasteiger partial charge in [-0.15, -0.1) is 0 Å². The van der Waals surface area contributed by atoms with Crippen molar-refractivity contribution in [1.29, 1.82) is 0 Å². The molecule has 1 aliphatic heterocycles. The third kappa shape index (κ3) is 3.47. The van der Waals surface area contributed by atoms with Crippen molar-refractivity contribution in [3.63, 3.8) is 0 Å². The standard InChI is InChI=1S/C13H16F4N2O/c14-11-2-1-9(6-10(11)13(15,16)17)12(19-18)5-8-3-4-20-7-8/h1-2,6,8,12,19H,3-5,7,18H2. The summed E-state index contributed by atoms with van der Waals surface area (Å²) in [5, 5.41) is 0. The minimum atomic E-state index is -4.71. The largest absolute Gasteiger partial charge is 0.419 e. The molecule has 20 heavy (non-hydrogen) atoms. The predicted octanol–water partition coefficient (Wildman–Crippen LogP) is 2.78. The summed E-state index contributed by atoms with van der Waals surface area (Å²) < 4.78 is 56.5. The van der Waals surface area contributed by atoms with E-state index in [1.54, 1.807) is 0 Å². The minimum absolute atomic E-state index is 0.246. The number of rotatable bonds is 4. The first-order valence-corrected chi connectivity index (χ1v) is 6.32. The van der Waals surface area contributed by atoms with Gasteiger partial charge in [-0.05, 0) is 36.5 Å². The number of nitrogens with one attached hydrogen (secondary N) is 1. The van der Waals surface area contributed by atoms with Crippen LogP contribution in [0.2, 0.25) is 0 Å². The molecule has 1 aromatic rings. The van der Waals surface area contributed by atoms with Gasteiger partial charge in [-0.25, -0.2) is 4.39 Å². The van der Waals surface area contributed by atoms with Crippen LogP contribution < -0.4 is 11.3 Å². The Morgan fingerprint density at radius 1 is 1.40 bits per heavy atom. The van der Waals surface area contributed by atoms with Crippen molar-refractivity contribution < 1.29 is 22.3 Å². The maximum atomic E-state index is 13.2. The van der Waals surface area contributed by atoms with Crippen molar-refractivity contribution in [1.82, 2.24) is 5.43 Å². The summed E-state index contributed by atoms with van der Waals surface area (Å²) in [6, 6.07) is 2.51. The number of alkyl halides is 3. The van der Waals surface area contributed by atoms with Crippen LogP contribution in [0.1, 0.15) is 30.0 Å². The van der Waals surface area contributed by atoms with E-state index in [0.717, 1.165) is 18.6 Å². The molecule has 2 atom stereocenters. The SMILES string of the molecule is NNC(CC1CCOC1)c1ccc(F)c(C(F)(F)F)c1. The van der Waals surface area contributed by atoms with Crippen LogP contribution in [0.3, 0.4) is 0 Å². The molecule has 1 aliphatic rings. The predicted molar refractivity (Wildman–Crippen MR) is 65.0 cm³/mol. The Balaban J connectivity index is 2.21. The summed E-state index contributed by atoms with van der Waals surface area (Å²) in [4.78, 5) is 0. The molecule has 1 saturated heterocycles. The van der Waals surface area contributed by atoms with E-state index in [2.05, 4.69) is 5.43 Å². The molecule has 1 aromatic carbocycles. The Kier molecular flexibility index (Phi) is 4.62. The molecular formula is C13H16F4N2O. The molecule has 0 aliphatic carbocycles. The molecule has 1 fully saturated rings. The number of hydrogen-bond acceptors (Lipinski definition) is 3. The highest BCUT2D eigenvalue weighted by Gasteiger charge is 2.35. The number of hydrogen-bond donors (Lipinski definition) is 2. The van der Waals surface area contributed by atoms with E-state index in [9.17, 15) is 17.6 Å². The lowest BCUT2D eigenvalue weighted by Crippen LogP contribution is -2.30. The third-order valence-corrected chi connectivity index (χ3v) is 3.49. The van der Waals surface area contributed by atoms with E-state index < -0.39 is 23.6 Å². The average molecular weight is 292 g/mol. The second kappa shape index (κ2) is 6.07. The van der Waals surface area contributed by atoms with Gasteiger partial charge >= 0.3 is 6.18 Å². The van der Waals surface area contributed by atoms with Gasteiger partial charge in [0.15, 0.2) is 0 Å². The lowest BCUT2D eigenvalue weighted by atomic mass is 9.93. The fraction of sp³-hybridized carbons (Fsp3) is 0.538. The Bertz CT molecular complexity index is 458. The van der Waals surface area contributed by atoms with E-state index in [-0.39, 0.29) is 5.92 Å². The first kappa shape index (κ1) is 15.2. The van der Waals surface area contributed by atoms with Crippen molar-refractivity contribution in [2.45, 2.75) is 25.1 Å². The molecule has 7 heteroatoms. The Hall–Kier alpha value is -1.18. The van der Waals surface area contributed by atoms with Gasteiger partial charge < -0.3 is 4.74 Å². The van der Waals surface area contributed by atoms with Crippen LogP contribution in [0.15, 0.2) is 18.2 Å². The normalized spacial score (nSPS) is 21.1. The summed E-state index contributed by atoms with van der Waals surface area (Å²) in [5.74, 6) is 4.38. The van der Waals surface area contributed by atoms with Crippen LogP contribution in [0, 0.1) is 11.7 Å². The molecule has 3 N–H and O–H groups in total. The second-order valence-electron chi connectivity index (χ2n) is 4.92. The maximum Gasteiger partial charge on any atom is 0.419 e. The first-order valence-electron chi connectivity index (χ1n) is 6.32. The fourth-order valence-corrected chi connectivity index (χ4v) is 2.38. The summed E-state index contributed by atoms with van der Waals surface area (Å²) >= 11 is 0. The smallest absolute Gasteiger partial charge is 0.381 e. The Labute approximate surface area is 114 Å². The summed E-state index contributed by atoms with van der Waals surface area (Å²) in [5.41, 5.74) is 1.56. The van der Waals surface area contributed by atoms with Gasteiger partial charge in [-0.2, -0.15) is 13.2 Å². The molecule has 112 valence electrons. The van der Waals surface area contributed by atoms with E-state index in [1.165, 1.54) is 6.07 Å². The van der Waals surface area contributed by atoms with Gasteiger partial charge in [0.2, 0.25) is 0 Å². The third-order valence-electron chi connectivity index (χ3n) is 3.49. The van der Waals surface area contributed by atoms with Gasteiger partial charge in [0.25, 0.3) is 0 Å². The quantitative estimate of drug-likeness (QED) is 0.509. The molecule has 0 spiro atoms. The number of ether oxygens (including phenoxy) is 1. The Morgan fingerprint density at radius 2 is 2.15 bits per heavy atom. The van der Waals surface area contributed by atoms with Crippen LogP contribution in [0.4, 0.5) is 17.6 Å². The second-order valence-corrected chi connectivity index (χ2v) is 4.92. The van der Waals surface area contributed by atoms with E-state index in [0.29, 0.717) is 25.2 Å². The van der Waals surface area contributed by atoms with Crippen LogP contribution in [-0.2, 0) is 10.9 Å². The monoisotopic (exact) mass is 292 g/mol. The van der Waals surface area contributed by atoms with E-state index >= 15 is 0 Å². The lowest BCUT2D eigenvalue weighted by molar-refractivity contribution is -0.140. The molecule has 3 nitrogen and oxygen atoms in total. The van der Waals surface area contributed by atoms with Gasteiger partial charge in [-0.3, -0.25) is 11.3 Å². The zero-order chi connectivity index (χ0) is 14.8. The summed E-state index contributed by atoms with van der Waals surface area (Å²) in [6.07, 6.45) is -3.30. The Morgan fingerprint density at radius 3 is 2.70 bits per heavy atom. The number of nitrogens with two attached hydrogens (primary N) is 1. The van der Waals surface area contributed by atoms with Gasteiger partial charge in [-0.1, -0.05) is 6.07 Å². The first-order chi connectivity index (χ1) is 9.41. The van der Waals surface area contributed by atoms with Gasteiger partial charge in [0.1, 0.15) is 5.82 Å². The van der Waals surface area contributed by atoms with Crippen molar-refractivity contribution >= 4 is 0 Å². The maximum absolute atomic E-state index is 13.2. The van der Waals surface area contributed by atoms with Gasteiger partial charge in [0, 0.05) is 19.3 Å². The number of benzene rings is 1. The van der Waals surface area contributed by atoms with Crippen molar-refractivity contribution in [3.8, 4) is 0 Å². The molecule has 0 radical (unpaired) electrons. The molecule has 2 unspecified atom stereocenters. The molecule has 2 rings (SSSR count). The van der Waals surface area contributed by atoms with Crippen molar-refractivity contribution in [2.75, 3.05) is 13.2 Å². The molecule has 0 saturated carbocycles. The minimum Gasteiger partial charge on any atom is -0.381 e. The summed E-state index contributed by atoms with van der Waals surface area (Å²) in [6.45, 7) is 1.23. The zero-order valence-corrected chi connectivity index (χ0v) is 10.7. The zero-order valence-electron chi connectivity index (χ0n) is 10.7. The number of halogens is 4. The van der Waals surface area contributed by atoms with Crippen molar-refractivity contribution in [2.24, 2.45) is 11.8 Å². The number of hydrazine groups is 1. The highest BCUT2D eigenvalue weighted by Crippen LogP contribution is 2.34. The highest BCUT2D eigenvalue weighted by molar-refractivity contribution is 5.29. The average Bonchev–Trinajstić information content (AvgIpc) is 2.88. The molecule has 0 aromatic heterocycles. The molecule has 0 bridgehead atoms. The van der Waals surface area contributed by atoms with Crippen LogP contribution in [-0.4, -0.2) is 13.2 Å². The lowest BCUT2D eigenvalue weighted by Gasteiger charge is -2.20.